The number of rotatable bonds is 6. The minimum atomic E-state index is -4.64. The molecule has 11 heteroatoms. The third-order valence-electron chi connectivity index (χ3n) is 4.16. The number of amides is 1. The van der Waals surface area contributed by atoms with Crippen LogP contribution < -0.4 is 5.32 Å². The quantitative estimate of drug-likeness (QED) is 0.485. The number of aromatic nitrogens is 5. The molecule has 29 heavy (non-hydrogen) atoms. The zero-order chi connectivity index (χ0) is 20.4. The van der Waals surface area contributed by atoms with Gasteiger partial charge >= 0.3 is 6.18 Å². The SMILES string of the molecule is O=C(NCCCn1ccnc1)c1cc2nc(-c3cccs3)cc(C(F)(F)F)n2n1. The van der Waals surface area contributed by atoms with Gasteiger partial charge in [-0.3, -0.25) is 4.79 Å². The lowest BCUT2D eigenvalue weighted by atomic mass is 10.2. The lowest BCUT2D eigenvalue weighted by Gasteiger charge is -2.10. The van der Waals surface area contributed by atoms with E-state index in [0.29, 0.717) is 28.9 Å². The van der Waals surface area contributed by atoms with Crippen molar-refractivity contribution in [1.82, 2.24) is 29.5 Å². The van der Waals surface area contributed by atoms with Gasteiger partial charge in [0.15, 0.2) is 17.0 Å². The molecule has 0 unspecified atom stereocenters. The van der Waals surface area contributed by atoms with Gasteiger partial charge in [-0.2, -0.15) is 18.3 Å². The fourth-order valence-electron chi connectivity index (χ4n) is 2.81. The van der Waals surface area contributed by atoms with Gasteiger partial charge in [0.1, 0.15) is 0 Å². The van der Waals surface area contributed by atoms with Crippen LogP contribution in [0.15, 0.2) is 48.4 Å². The van der Waals surface area contributed by atoms with E-state index in [4.69, 9.17) is 0 Å². The molecule has 0 saturated carbocycles. The summed E-state index contributed by atoms with van der Waals surface area (Å²) in [5, 5.41) is 8.27. The van der Waals surface area contributed by atoms with Crippen molar-refractivity contribution in [2.24, 2.45) is 0 Å². The molecule has 0 atom stereocenters. The van der Waals surface area contributed by atoms with E-state index in [1.165, 1.54) is 17.4 Å². The molecular formula is C18H15F3N6OS. The molecule has 1 N–H and O–H groups in total. The highest BCUT2D eigenvalue weighted by Crippen LogP contribution is 2.33. The number of hydrogen-bond acceptors (Lipinski definition) is 5. The molecule has 0 aliphatic heterocycles. The highest BCUT2D eigenvalue weighted by atomic mass is 32.1. The predicted molar refractivity (Wildman–Crippen MR) is 100 cm³/mol. The summed E-state index contributed by atoms with van der Waals surface area (Å²) < 4.78 is 43.1. The van der Waals surface area contributed by atoms with Gasteiger partial charge in [-0.25, -0.2) is 14.5 Å². The average molecular weight is 420 g/mol. The van der Waals surface area contributed by atoms with Crippen LogP contribution in [0, 0.1) is 0 Å². The molecule has 0 aliphatic carbocycles. The zero-order valence-corrected chi connectivity index (χ0v) is 15.7. The first-order chi connectivity index (χ1) is 13.9. The van der Waals surface area contributed by atoms with Crippen LogP contribution in [0.5, 0.6) is 0 Å². The highest BCUT2D eigenvalue weighted by molar-refractivity contribution is 7.13. The number of imidazole rings is 1. The van der Waals surface area contributed by atoms with E-state index in [1.807, 2.05) is 4.57 Å². The number of thiophene rings is 1. The maximum atomic E-state index is 13.5. The molecule has 7 nitrogen and oxygen atoms in total. The molecule has 0 aromatic carbocycles. The van der Waals surface area contributed by atoms with Gasteiger partial charge in [0.25, 0.3) is 5.91 Å². The van der Waals surface area contributed by atoms with Crippen molar-refractivity contribution in [2.75, 3.05) is 6.54 Å². The summed E-state index contributed by atoms with van der Waals surface area (Å²) in [7, 11) is 0. The van der Waals surface area contributed by atoms with Crippen LogP contribution in [0.2, 0.25) is 0 Å². The van der Waals surface area contributed by atoms with Gasteiger partial charge in [0.2, 0.25) is 0 Å². The van der Waals surface area contributed by atoms with Gasteiger partial charge in [0, 0.05) is 31.5 Å². The summed E-state index contributed by atoms with van der Waals surface area (Å²) in [6.07, 6.45) is 1.13. The van der Waals surface area contributed by atoms with E-state index >= 15 is 0 Å². The molecule has 4 heterocycles. The third-order valence-corrected chi connectivity index (χ3v) is 5.05. The average Bonchev–Trinajstić information content (AvgIpc) is 3.44. The normalized spacial score (nSPS) is 11.8. The van der Waals surface area contributed by atoms with Gasteiger partial charge in [-0.1, -0.05) is 6.07 Å². The van der Waals surface area contributed by atoms with Crippen LogP contribution in [0.25, 0.3) is 16.2 Å². The number of fused-ring (bicyclic) bond motifs is 1. The van der Waals surface area contributed by atoms with E-state index in [1.54, 1.807) is 36.2 Å². The van der Waals surface area contributed by atoms with E-state index < -0.39 is 17.8 Å². The Morgan fingerprint density at radius 3 is 2.83 bits per heavy atom. The first-order valence-electron chi connectivity index (χ1n) is 8.67. The van der Waals surface area contributed by atoms with Crippen molar-refractivity contribution >= 4 is 22.9 Å². The molecule has 4 rings (SSSR count). The van der Waals surface area contributed by atoms with Crippen molar-refractivity contribution in [3.8, 4) is 10.6 Å². The second kappa shape index (κ2) is 7.66. The monoisotopic (exact) mass is 420 g/mol. The zero-order valence-electron chi connectivity index (χ0n) is 14.9. The second-order valence-electron chi connectivity index (χ2n) is 6.21. The molecule has 0 spiro atoms. The summed E-state index contributed by atoms with van der Waals surface area (Å²) in [4.78, 5) is 21.1. The van der Waals surface area contributed by atoms with Crippen molar-refractivity contribution in [1.29, 1.82) is 0 Å². The molecule has 150 valence electrons. The van der Waals surface area contributed by atoms with Crippen molar-refractivity contribution < 1.29 is 18.0 Å². The highest BCUT2D eigenvalue weighted by Gasteiger charge is 2.35. The molecule has 1 amide bonds. The number of carbonyl (C=O) groups excluding carboxylic acids is 1. The molecule has 0 bridgehead atoms. The van der Waals surface area contributed by atoms with Crippen molar-refractivity contribution in [3.63, 3.8) is 0 Å². The smallest absolute Gasteiger partial charge is 0.351 e. The van der Waals surface area contributed by atoms with Gasteiger partial charge in [-0.05, 0) is 23.9 Å². The number of nitrogens with one attached hydrogen (secondary N) is 1. The van der Waals surface area contributed by atoms with E-state index in [0.717, 1.165) is 6.07 Å². The fraction of sp³-hybridized carbons (Fsp3) is 0.222. The number of aryl methyl sites for hydroxylation is 1. The van der Waals surface area contributed by atoms with Crippen molar-refractivity contribution in [2.45, 2.75) is 19.1 Å². The van der Waals surface area contributed by atoms with E-state index in [2.05, 4.69) is 20.4 Å². The van der Waals surface area contributed by atoms with E-state index in [-0.39, 0.29) is 17.0 Å². The molecule has 4 aromatic rings. The number of nitrogens with zero attached hydrogens (tertiary/aromatic N) is 5. The Morgan fingerprint density at radius 1 is 1.28 bits per heavy atom. The van der Waals surface area contributed by atoms with Crippen molar-refractivity contribution in [3.05, 3.63) is 59.8 Å². The Morgan fingerprint density at radius 2 is 2.14 bits per heavy atom. The summed E-state index contributed by atoms with van der Waals surface area (Å²) in [5.74, 6) is -0.549. The lowest BCUT2D eigenvalue weighted by Crippen LogP contribution is -2.25. The van der Waals surface area contributed by atoms with Crippen LogP contribution in [0.3, 0.4) is 0 Å². The number of halogens is 3. The molecule has 0 radical (unpaired) electrons. The number of carbonyl (C=O) groups is 1. The topological polar surface area (TPSA) is 77.1 Å². The first-order valence-corrected chi connectivity index (χ1v) is 9.55. The minimum Gasteiger partial charge on any atom is -0.351 e. The minimum absolute atomic E-state index is 0.0354. The standard InChI is InChI=1S/C18H15F3N6OS/c19-18(20,21)15-9-12(14-3-1-8-29-14)24-16-10-13(25-27(15)16)17(28)23-4-2-6-26-7-5-22-11-26/h1,3,5,7-11H,2,4,6H2,(H,23,28). The Kier molecular flexibility index (Phi) is 5.05. The largest absolute Gasteiger partial charge is 0.433 e. The fourth-order valence-corrected chi connectivity index (χ4v) is 3.50. The summed E-state index contributed by atoms with van der Waals surface area (Å²) in [5.41, 5.74) is -0.946. The number of alkyl halides is 3. The van der Waals surface area contributed by atoms with Crippen LogP contribution in [-0.4, -0.2) is 36.6 Å². The van der Waals surface area contributed by atoms with E-state index in [9.17, 15) is 18.0 Å². The summed E-state index contributed by atoms with van der Waals surface area (Å²) in [6, 6.07) is 5.63. The first kappa shape index (κ1) is 19.1. The molecular weight excluding hydrogens is 405 g/mol. The molecule has 4 aromatic heterocycles. The lowest BCUT2D eigenvalue weighted by molar-refractivity contribution is -0.142. The Labute approximate surface area is 166 Å². The molecule has 0 aliphatic rings. The van der Waals surface area contributed by atoms with Crippen LogP contribution in [-0.2, 0) is 12.7 Å². The maximum absolute atomic E-state index is 13.5. The second-order valence-corrected chi connectivity index (χ2v) is 7.16. The number of hydrogen-bond donors (Lipinski definition) is 1. The van der Waals surface area contributed by atoms with Crippen LogP contribution in [0.4, 0.5) is 13.2 Å². The summed E-state index contributed by atoms with van der Waals surface area (Å²) in [6.45, 7) is 1.01. The maximum Gasteiger partial charge on any atom is 0.433 e. The third kappa shape index (κ3) is 4.14. The predicted octanol–water partition coefficient (Wildman–Crippen LogP) is 3.49. The van der Waals surface area contributed by atoms with Gasteiger partial charge < -0.3 is 9.88 Å². The Hall–Kier alpha value is -3.21. The molecule has 0 fully saturated rings. The molecule has 0 saturated heterocycles. The Balaban J connectivity index is 1.56. The summed E-state index contributed by atoms with van der Waals surface area (Å²) >= 11 is 1.28. The van der Waals surface area contributed by atoms with Gasteiger partial charge in [0.05, 0.1) is 16.9 Å². The van der Waals surface area contributed by atoms with Crippen LogP contribution >= 0.6 is 11.3 Å². The Bertz CT molecular complexity index is 1120. The van der Waals surface area contributed by atoms with Gasteiger partial charge in [-0.15, -0.1) is 11.3 Å². The van der Waals surface area contributed by atoms with Crippen LogP contribution in [0.1, 0.15) is 22.6 Å².